The molecule has 9 heteroatoms. The largest absolute Gasteiger partial charge is 0.493 e. The Hall–Kier alpha value is -2.64. The predicted molar refractivity (Wildman–Crippen MR) is 119 cm³/mol. The van der Waals surface area contributed by atoms with E-state index in [0.717, 1.165) is 0 Å². The number of aromatic amines is 1. The summed E-state index contributed by atoms with van der Waals surface area (Å²) in [4.78, 5) is 16.0. The molecule has 0 spiro atoms. The SMILES string of the molecule is CCOC(=O)c1c(C)[nH]c(-c2ccc(Cl)cc2Cl)c1-c1ccccc1OCCC(F)(F)F. The van der Waals surface area contributed by atoms with Gasteiger partial charge < -0.3 is 14.5 Å². The van der Waals surface area contributed by atoms with Crippen molar-refractivity contribution in [3.8, 4) is 28.1 Å². The highest BCUT2D eigenvalue weighted by molar-refractivity contribution is 6.36. The van der Waals surface area contributed by atoms with Crippen molar-refractivity contribution in [1.29, 1.82) is 0 Å². The smallest absolute Gasteiger partial charge is 0.392 e. The van der Waals surface area contributed by atoms with Gasteiger partial charge >= 0.3 is 12.1 Å². The molecule has 1 N–H and O–H groups in total. The summed E-state index contributed by atoms with van der Waals surface area (Å²) in [6.07, 6.45) is -5.45. The fourth-order valence-corrected chi connectivity index (χ4v) is 3.83. The minimum atomic E-state index is -4.35. The lowest BCUT2D eigenvalue weighted by molar-refractivity contribution is -0.139. The molecule has 32 heavy (non-hydrogen) atoms. The van der Waals surface area contributed by atoms with E-state index in [2.05, 4.69) is 4.98 Å². The Morgan fingerprint density at radius 3 is 2.47 bits per heavy atom. The first-order valence-corrected chi connectivity index (χ1v) is 10.5. The maximum absolute atomic E-state index is 12.8. The molecule has 0 aliphatic carbocycles. The number of hydrogen-bond donors (Lipinski definition) is 1. The number of esters is 1. The van der Waals surface area contributed by atoms with Gasteiger partial charge in [-0.25, -0.2) is 4.79 Å². The zero-order chi connectivity index (χ0) is 23.5. The van der Waals surface area contributed by atoms with Gasteiger partial charge in [0.1, 0.15) is 5.75 Å². The number of hydrogen-bond acceptors (Lipinski definition) is 3. The molecule has 0 amide bonds. The molecule has 0 bridgehead atoms. The van der Waals surface area contributed by atoms with Crippen LogP contribution in [0, 0.1) is 6.92 Å². The highest BCUT2D eigenvalue weighted by Crippen LogP contribution is 2.43. The van der Waals surface area contributed by atoms with Crippen molar-refractivity contribution >= 4 is 29.2 Å². The number of rotatable bonds is 7. The van der Waals surface area contributed by atoms with Crippen LogP contribution in [-0.4, -0.2) is 30.3 Å². The Morgan fingerprint density at radius 2 is 1.81 bits per heavy atom. The summed E-state index contributed by atoms with van der Waals surface area (Å²) < 4.78 is 48.6. The fourth-order valence-electron chi connectivity index (χ4n) is 3.32. The first-order chi connectivity index (χ1) is 15.1. The fraction of sp³-hybridized carbons (Fsp3) is 0.261. The summed E-state index contributed by atoms with van der Waals surface area (Å²) in [5.41, 5.74) is 2.69. The van der Waals surface area contributed by atoms with E-state index in [1.165, 1.54) is 0 Å². The van der Waals surface area contributed by atoms with E-state index in [1.807, 2.05) is 0 Å². The molecule has 3 rings (SSSR count). The number of nitrogens with one attached hydrogen (secondary N) is 1. The third-order valence-corrected chi connectivity index (χ3v) is 5.21. The maximum Gasteiger partial charge on any atom is 0.392 e. The van der Waals surface area contributed by atoms with E-state index in [0.29, 0.717) is 38.1 Å². The summed E-state index contributed by atoms with van der Waals surface area (Å²) in [5, 5.41) is 0.774. The van der Waals surface area contributed by atoms with Crippen molar-refractivity contribution in [3.63, 3.8) is 0 Å². The monoisotopic (exact) mass is 485 g/mol. The van der Waals surface area contributed by atoms with Gasteiger partial charge in [0.05, 0.1) is 35.9 Å². The van der Waals surface area contributed by atoms with E-state index >= 15 is 0 Å². The molecular formula is C23H20Cl2F3NO3. The van der Waals surface area contributed by atoms with Crippen molar-refractivity contribution in [1.82, 2.24) is 4.98 Å². The minimum absolute atomic E-state index is 0.156. The summed E-state index contributed by atoms with van der Waals surface area (Å²) in [6.45, 7) is 2.99. The molecule has 0 saturated heterocycles. The van der Waals surface area contributed by atoms with Crippen LogP contribution in [0.4, 0.5) is 13.2 Å². The first kappa shape index (κ1) is 24.0. The lowest BCUT2D eigenvalue weighted by Crippen LogP contribution is -2.13. The molecule has 4 nitrogen and oxygen atoms in total. The Kier molecular flexibility index (Phi) is 7.41. The quantitative estimate of drug-likeness (QED) is 0.353. The van der Waals surface area contributed by atoms with Gasteiger partial charge in [-0.3, -0.25) is 0 Å². The third kappa shape index (κ3) is 5.40. The van der Waals surface area contributed by atoms with Gasteiger partial charge in [0.2, 0.25) is 0 Å². The highest BCUT2D eigenvalue weighted by atomic mass is 35.5. The Labute approximate surface area is 193 Å². The minimum Gasteiger partial charge on any atom is -0.493 e. The third-order valence-electron chi connectivity index (χ3n) is 4.67. The number of benzene rings is 2. The van der Waals surface area contributed by atoms with Crippen molar-refractivity contribution in [2.24, 2.45) is 0 Å². The van der Waals surface area contributed by atoms with Gasteiger partial charge in [-0.15, -0.1) is 0 Å². The van der Waals surface area contributed by atoms with Gasteiger partial charge in [0.15, 0.2) is 0 Å². The molecule has 1 heterocycles. The molecule has 170 valence electrons. The average molecular weight is 486 g/mol. The molecule has 0 aliphatic rings. The molecule has 0 fully saturated rings. The van der Waals surface area contributed by atoms with Gasteiger partial charge in [0, 0.05) is 27.4 Å². The maximum atomic E-state index is 12.8. The zero-order valence-corrected chi connectivity index (χ0v) is 18.8. The zero-order valence-electron chi connectivity index (χ0n) is 17.3. The molecule has 3 aromatic rings. The van der Waals surface area contributed by atoms with Crippen LogP contribution >= 0.6 is 23.2 Å². The standard InChI is InChI=1S/C23H20Cl2F3NO3/c1-3-31-22(30)19-13(2)29-21(15-9-8-14(24)12-17(15)25)20(19)16-6-4-5-7-18(16)32-11-10-23(26,27)28/h4-9,12,29H,3,10-11H2,1-2H3. The van der Waals surface area contributed by atoms with Crippen molar-refractivity contribution in [2.75, 3.05) is 13.2 Å². The van der Waals surface area contributed by atoms with Crippen molar-refractivity contribution in [3.05, 3.63) is 63.8 Å². The van der Waals surface area contributed by atoms with Gasteiger partial charge in [-0.1, -0.05) is 41.4 Å². The average Bonchev–Trinajstić information content (AvgIpc) is 3.04. The molecule has 0 atom stereocenters. The van der Waals surface area contributed by atoms with Crippen LogP contribution in [0.3, 0.4) is 0 Å². The number of ether oxygens (including phenoxy) is 2. The Morgan fingerprint density at radius 1 is 1.09 bits per heavy atom. The van der Waals surface area contributed by atoms with E-state index < -0.39 is 25.2 Å². The van der Waals surface area contributed by atoms with Crippen LogP contribution < -0.4 is 4.74 Å². The van der Waals surface area contributed by atoms with E-state index in [-0.39, 0.29) is 17.9 Å². The van der Waals surface area contributed by atoms with Gasteiger partial charge in [-0.05, 0) is 38.1 Å². The number of alkyl halides is 3. The molecule has 1 aromatic heterocycles. The van der Waals surface area contributed by atoms with Crippen molar-refractivity contribution in [2.45, 2.75) is 26.4 Å². The van der Waals surface area contributed by atoms with Crippen LogP contribution in [0.2, 0.25) is 10.0 Å². The molecule has 0 saturated carbocycles. The summed E-state index contributed by atoms with van der Waals surface area (Å²) in [5.74, 6) is -0.370. The lowest BCUT2D eigenvalue weighted by Gasteiger charge is -2.15. The molecule has 2 aromatic carbocycles. The number of para-hydroxylation sites is 1. The molecule has 0 unspecified atom stereocenters. The van der Waals surface area contributed by atoms with Crippen LogP contribution in [-0.2, 0) is 4.74 Å². The number of carbonyl (C=O) groups excluding carboxylic acids is 1. The lowest BCUT2D eigenvalue weighted by atomic mass is 9.96. The van der Waals surface area contributed by atoms with Crippen LogP contribution in [0.1, 0.15) is 29.4 Å². The summed E-state index contributed by atoms with van der Waals surface area (Å²) in [7, 11) is 0. The van der Waals surface area contributed by atoms with E-state index in [4.69, 9.17) is 32.7 Å². The number of halogens is 5. The second-order valence-corrected chi connectivity index (χ2v) is 7.77. The highest BCUT2D eigenvalue weighted by Gasteiger charge is 2.29. The van der Waals surface area contributed by atoms with Crippen LogP contribution in [0.25, 0.3) is 22.4 Å². The topological polar surface area (TPSA) is 51.3 Å². The number of aryl methyl sites for hydroxylation is 1. The normalized spacial score (nSPS) is 11.5. The van der Waals surface area contributed by atoms with Gasteiger partial charge in [-0.2, -0.15) is 13.2 Å². The number of aromatic nitrogens is 1. The van der Waals surface area contributed by atoms with E-state index in [1.54, 1.807) is 56.3 Å². The Balaban J connectivity index is 2.19. The Bertz CT molecular complexity index is 1130. The van der Waals surface area contributed by atoms with Crippen molar-refractivity contribution < 1.29 is 27.4 Å². The van der Waals surface area contributed by atoms with Gasteiger partial charge in [0.25, 0.3) is 0 Å². The second kappa shape index (κ2) is 9.88. The number of carbonyl (C=O) groups is 1. The van der Waals surface area contributed by atoms with Crippen LogP contribution in [0.15, 0.2) is 42.5 Å². The predicted octanol–water partition coefficient (Wildman–Crippen LogP) is 7.47. The van der Waals surface area contributed by atoms with Crippen LogP contribution in [0.5, 0.6) is 5.75 Å². The molecule has 0 radical (unpaired) electrons. The van der Waals surface area contributed by atoms with E-state index in [9.17, 15) is 18.0 Å². The second-order valence-electron chi connectivity index (χ2n) is 6.93. The number of H-pyrrole nitrogens is 1. The summed E-state index contributed by atoms with van der Waals surface area (Å²) >= 11 is 12.5. The summed E-state index contributed by atoms with van der Waals surface area (Å²) in [6, 6.07) is 11.5. The first-order valence-electron chi connectivity index (χ1n) is 9.76. The molecular weight excluding hydrogens is 466 g/mol. The molecule has 0 aliphatic heterocycles.